The highest BCUT2D eigenvalue weighted by Gasteiger charge is 2.52. The Labute approximate surface area is 109 Å². The van der Waals surface area contributed by atoms with Crippen LogP contribution in [-0.2, 0) is 5.41 Å². The molecular formula is C17H21N. The minimum absolute atomic E-state index is 0.396. The summed E-state index contributed by atoms with van der Waals surface area (Å²) in [7, 11) is 4.35. The number of hydrogen-bond acceptors (Lipinski definition) is 1. The minimum atomic E-state index is 0.396. The van der Waals surface area contributed by atoms with E-state index in [2.05, 4.69) is 68.4 Å². The van der Waals surface area contributed by atoms with Crippen molar-refractivity contribution in [1.82, 2.24) is 4.90 Å². The Balaban J connectivity index is 2.03. The first-order chi connectivity index (χ1) is 8.62. The molecule has 2 aromatic carbocycles. The molecule has 0 aromatic heterocycles. The van der Waals surface area contributed by atoms with Crippen LogP contribution in [0.3, 0.4) is 0 Å². The molecule has 1 heteroatoms. The molecule has 0 saturated heterocycles. The number of hydrogen-bond donors (Lipinski definition) is 0. The molecule has 0 radical (unpaired) electrons. The Kier molecular flexibility index (Phi) is 2.67. The fraction of sp³-hybridized carbons (Fsp3) is 0.412. The van der Waals surface area contributed by atoms with Crippen LogP contribution >= 0.6 is 0 Å². The Bertz CT molecular complexity index is 573. The zero-order valence-corrected chi connectivity index (χ0v) is 11.5. The molecule has 1 aliphatic carbocycles. The average Bonchev–Trinajstić information content (AvgIpc) is 2.99. The van der Waals surface area contributed by atoms with Crippen molar-refractivity contribution in [2.24, 2.45) is 5.92 Å². The van der Waals surface area contributed by atoms with E-state index in [9.17, 15) is 0 Å². The Hall–Kier alpha value is -1.34. The van der Waals surface area contributed by atoms with Gasteiger partial charge in [-0.25, -0.2) is 0 Å². The largest absolute Gasteiger partial charge is 0.309 e. The molecule has 0 N–H and O–H groups in total. The Morgan fingerprint density at radius 1 is 1.11 bits per heavy atom. The number of fused-ring (bicyclic) bond motifs is 1. The third-order valence-electron chi connectivity index (χ3n) is 4.38. The van der Waals surface area contributed by atoms with Crippen LogP contribution in [0.25, 0.3) is 10.8 Å². The Morgan fingerprint density at radius 3 is 2.39 bits per heavy atom. The fourth-order valence-corrected chi connectivity index (χ4v) is 3.26. The van der Waals surface area contributed by atoms with Crippen molar-refractivity contribution < 1.29 is 0 Å². The molecular weight excluding hydrogens is 218 g/mol. The van der Waals surface area contributed by atoms with Gasteiger partial charge in [-0.2, -0.15) is 0 Å². The van der Waals surface area contributed by atoms with Crippen molar-refractivity contribution in [3.63, 3.8) is 0 Å². The monoisotopic (exact) mass is 239 g/mol. The summed E-state index contributed by atoms with van der Waals surface area (Å²) in [5.74, 6) is 0.807. The smallest absolute Gasteiger partial charge is 0.0109 e. The molecule has 0 heterocycles. The maximum absolute atomic E-state index is 2.39. The van der Waals surface area contributed by atoms with Crippen molar-refractivity contribution in [2.45, 2.75) is 18.8 Å². The number of rotatable bonds is 3. The van der Waals surface area contributed by atoms with Crippen LogP contribution in [0.2, 0.25) is 0 Å². The van der Waals surface area contributed by atoms with E-state index in [0.29, 0.717) is 5.41 Å². The first-order valence-electron chi connectivity index (χ1n) is 6.76. The van der Waals surface area contributed by atoms with Gasteiger partial charge in [0, 0.05) is 12.0 Å². The molecule has 1 unspecified atom stereocenters. The van der Waals surface area contributed by atoms with Gasteiger partial charge in [0.2, 0.25) is 0 Å². The lowest BCUT2D eigenvalue weighted by Gasteiger charge is -2.22. The second-order valence-corrected chi connectivity index (χ2v) is 6.06. The summed E-state index contributed by atoms with van der Waals surface area (Å²) in [6, 6.07) is 15.6. The van der Waals surface area contributed by atoms with Gasteiger partial charge in [0.1, 0.15) is 0 Å². The molecule has 3 rings (SSSR count). The van der Waals surface area contributed by atoms with Crippen molar-refractivity contribution in [3.8, 4) is 0 Å². The van der Waals surface area contributed by atoms with E-state index in [1.807, 2.05) is 0 Å². The summed E-state index contributed by atoms with van der Waals surface area (Å²) in [5, 5.41) is 2.71. The molecule has 1 fully saturated rings. The maximum atomic E-state index is 2.39. The first-order valence-corrected chi connectivity index (χ1v) is 6.76. The standard InChI is InChI=1S/C17H21N/c1-13-11-17(13,12-18(2)3)16-9-8-14-6-4-5-7-15(14)10-16/h4-10,13H,11-12H2,1-3H3/t13-,17?/m1/s1. The second-order valence-electron chi connectivity index (χ2n) is 6.06. The summed E-state index contributed by atoms with van der Waals surface area (Å²) in [5.41, 5.74) is 1.91. The normalized spacial score (nSPS) is 26.8. The molecule has 94 valence electrons. The van der Waals surface area contributed by atoms with Gasteiger partial charge in [-0.1, -0.05) is 49.4 Å². The highest BCUT2D eigenvalue weighted by Crippen LogP contribution is 2.54. The predicted octanol–water partition coefficient (Wildman–Crippen LogP) is 3.68. The lowest BCUT2D eigenvalue weighted by Crippen LogP contribution is -2.27. The number of benzene rings is 2. The van der Waals surface area contributed by atoms with Gasteiger partial charge in [0.05, 0.1) is 0 Å². The topological polar surface area (TPSA) is 3.24 Å². The van der Waals surface area contributed by atoms with Crippen LogP contribution in [0.4, 0.5) is 0 Å². The summed E-state index contributed by atoms with van der Waals surface area (Å²) in [4.78, 5) is 2.32. The molecule has 18 heavy (non-hydrogen) atoms. The molecule has 2 atom stereocenters. The van der Waals surface area contributed by atoms with Crippen molar-refractivity contribution in [1.29, 1.82) is 0 Å². The maximum Gasteiger partial charge on any atom is 0.0109 e. The van der Waals surface area contributed by atoms with E-state index in [1.165, 1.54) is 22.8 Å². The van der Waals surface area contributed by atoms with E-state index in [4.69, 9.17) is 0 Å². The zero-order valence-electron chi connectivity index (χ0n) is 11.5. The van der Waals surface area contributed by atoms with E-state index >= 15 is 0 Å². The van der Waals surface area contributed by atoms with E-state index < -0.39 is 0 Å². The molecule has 0 spiro atoms. The summed E-state index contributed by atoms with van der Waals surface area (Å²) >= 11 is 0. The highest BCUT2D eigenvalue weighted by molar-refractivity contribution is 5.83. The predicted molar refractivity (Wildman–Crippen MR) is 78.0 cm³/mol. The molecule has 0 bridgehead atoms. The van der Waals surface area contributed by atoms with Gasteiger partial charge in [0.25, 0.3) is 0 Å². The fourth-order valence-electron chi connectivity index (χ4n) is 3.26. The van der Waals surface area contributed by atoms with Crippen molar-refractivity contribution >= 4 is 10.8 Å². The second kappa shape index (κ2) is 4.10. The van der Waals surface area contributed by atoms with Crippen LogP contribution in [0.5, 0.6) is 0 Å². The molecule has 0 aliphatic heterocycles. The SMILES string of the molecule is C[C@@H]1CC1(CN(C)C)c1ccc2ccccc2c1. The van der Waals surface area contributed by atoms with Gasteiger partial charge in [0.15, 0.2) is 0 Å². The molecule has 2 aromatic rings. The third-order valence-corrected chi connectivity index (χ3v) is 4.38. The molecule has 1 nitrogen and oxygen atoms in total. The lowest BCUT2D eigenvalue weighted by molar-refractivity contribution is 0.352. The molecule has 1 aliphatic rings. The zero-order chi connectivity index (χ0) is 12.8. The summed E-state index contributed by atoms with van der Waals surface area (Å²) in [6.45, 7) is 3.53. The van der Waals surface area contributed by atoms with Crippen molar-refractivity contribution in [2.75, 3.05) is 20.6 Å². The van der Waals surface area contributed by atoms with Gasteiger partial charge in [-0.15, -0.1) is 0 Å². The molecule has 0 amide bonds. The van der Waals surface area contributed by atoms with E-state index in [0.717, 1.165) is 12.5 Å². The highest BCUT2D eigenvalue weighted by atomic mass is 15.1. The van der Waals surface area contributed by atoms with Gasteiger partial charge in [-0.3, -0.25) is 0 Å². The summed E-state index contributed by atoms with van der Waals surface area (Å²) < 4.78 is 0. The Morgan fingerprint density at radius 2 is 1.78 bits per heavy atom. The van der Waals surface area contributed by atoms with Crippen LogP contribution in [0, 0.1) is 5.92 Å². The lowest BCUT2D eigenvalue weighted by atomic mass is 9.91. The van der Waals surface area contributed by atoms with Crippen LogP contribution in [-0.4, -0.2) is 25.5 Å². The van der Waals surface area contributed by atoms with E-state index in [-0.39, 0.29) is 0 Å². The quantitative estimate of drug-likeness (QED) is 0.789. The van der Waals surface area contributed by atoms with E-state index in [1.54, 1.807) is 0 Å². The van der Waals surface area contributed by atoms with Crippen LogP contribution < -0.4 is 0 Å². The van der Waals surface area contributed by atoms with Crippen molar-refractivity contribution in [3.05, 3.63) is 48.0 Å². The minimum Gasteiger partial charge on any atom is -0.309 e. The van der Waals surface area contributed by atoms with Crippen LogP contribution in [0.1, 0.15) is 18.9 Å². The van der Waals surface area contributed by atoms with Gasteiger partial charge < -0.3 is 4.90 Å². The van der Waals surface area contributed by atoms with Gasteiger partial charge >= 0.3 is 0 Å². The summed E-state index contributed by atoms with van der Waals surface area (Å²) in [6.07, 6.45) is 1.32. The van der Waals surface area contributed by atoms with Crippen LogP contribution in [0.15, 0.2) is 42.5 Å². The first kappa shape index (κ1) is 11.7. The number of likely N-dealkylation sites (N-methyl/N-ethyl adjacent to an activating group) is 1. The van der Waals surface area contributed by atoms with Gasteiger partial charge in [-0.05, 0) is 42.8 Å². The molecule has 1 saturated carbocycles. The average molecular weight is 239 g/mol. The third kappa shape index (κ3) is 1.83. The number of nitrogens with zero attached hydrogens (tertiary/aromatic N) is 1.